The largest absolute Gasteiger partial charge is 0.480 e. The van der Waals surface area contributed by atoms with E-state index in [1.54, 1.807) is 6.92 Å². The summed E-state index contributed by atoms with van der Waals surface area (Å²) in [6, 6.07) is 0. The van der Waals surface area contributed by atoms with E-state index in [2.05, 4.69) is 4.72 Å². The molecule has 0 aliphatic rings. The molecular formula is C9H20N2O4S. The molecule has 0 unspecified atom stereocenters. The van der Waals surface area contributed by atoms with Crippen LogP contribution < -0.4 is 4.72 Å². The molecular weight excluding hydrogens is 232 g/mol. The Hall–Kier alpha value is -0.660. The number of hydrogen-bond donors (Lipinski definition) is 2. The molecule has 0 saturated heterocycles. The number of nitrogens with zero attached hydrogens (tertiary/aromatic N) is 1. The quantitative estimate of drug-likeness (QED) is 0.687. The minimum atomic E-state index is -3.73. The topological polar surface area (TPSA) is 86.7 Å². The monoisotopic (exact) mass is 252 g/mol. The molecule has 6 nitrogen and oxygen atoms in total. The van der Waals surface area contributed by atoms with E-state index in [0.717, 1.165) is 4.31 Å². The van der Waals surface area contributed by atoms with Gasteiger partial charge in [-0.15, -0.1) is 0 Å². The zero-order valence-electron chi connectivity index (χ0n) is 10.1. The molecule has 0 aliphatic carbocycles. The SMILES string of the molecule is CCCNS(=O)(=O)N(CC)C(C)(C)C(=O)O. The van der Waals surface area contributed by atoms with Crippen LogP contribution in [0.1, 0.15) is 34.1 Å². The number of likely N-dealkylation sites (N-methyl/N-ethyl adjacent to an activating group) is 1. The molecule has 7 heteroatoms. The van der Waals surface area contributed by atoms with Gasteiger partial charge in [0.1, 0.15) is 5.54 Å². The van der Waals surface area contributed by atoms with Gasteiger partial charge in [0.05, 0.1) is 0 Å². The summed E-state index contributed by atoms with van der Waals surface area (Å²) < 4.78 is 26.9. The summed E-state index contributed by atoms with van der Waals surface area (Å²) in [4.78, 5) is 11.0. The highest BCUT2D eigenvalue weighted by atomic mass is 32.2. The van der Waals surface area contributed by atoms with E-state index < -0.39 is 21.7 Å². The molecule has 96 valence electrons. The van der Waals surface area contributed by atoms with Gasteiger partial charge in [0.25, 0.3) is 10.2 Å². The van der Waals surface area contributed by atoms with Crippen molar-refractivity contribution in [3.8, 4) is 0 Å². The molecule has 0 aliphatic heterocycles. The maximum atomic E-state index is 11.8. The maximum absolute atomic E-state index is 11.8. The molecule has 2 N–H and O–H groups in total. The molecule has 0 atom stereocenters. The summed E-state index contributed by atoms with van der Waals surface area (Å²) in [7, 11) is -3.73. The Kier molecular flexibility index (Phi) is 5.37. The van der Waals surface area contributed by atoms with E-state index in [1.807, 2.05) is 6.92 Å². The highest BCUT2D eigenvalue weighted by molar-refractivity contribution is 7.87. The Morgan fingerprint density at radius 3 is 2.19 bits per heavy atom. The standard InChI is InChI=1S/C9H20N2O4S/c1-5-7-10-16(14,15)11(6-2)9(3,4)8(12)13/h10H,5-7H2,1-4H3,(H,12,13). The fraction of sp³-hybridized carbons (Fsp3) is 0.889. The van der Waals surface area contributed by atoms with Crippen LogP contribution in [0.3, 0.4) is 0 Å². The third-order valence-electron chi connectivity index (χ3n) is 2.26. The van der Waals surface area contributed by atoms with Gasteiger partial charge in [0.2, 0.25) is 0 Å². The lowest BCUT2D eigenvalue weighted by Crippen LogP contribution is -2.56. The van der Waals surface area contributed by atoms with Crippen molar-refractivity contribution >= 4 is 16.2 Å². The van der Waals surface area contributed by atoms with E-state index in [0.29, 0.717) is 13.0 Å². The van der Waals surface area contributed by atoms with E-state index in [-0.39, 0.29) is 6.54 Å². The van der Waals surface area contributed by atoms with Crippen molar-refractivity contribution < 1.29 is 18.3 Å². The second kappa shape index (κ2) is 5.60. The van der Waals surface area contributed by atoms with Crippen LogP contribution in [-0.4, -0.2) is 42.4 Å². The molecule has 0 saturated carbocycles. The summed E-state index contributed by atoms with van der Waals surface area (Å²) in [6.07, 6.45) is 0.657. The summed E-state index contributed by atoms with van der Waals surface area (Å²) in [5.41, 5.74) is -1.45. The molecule has 0 rings (SSSR count). The van der Waals surface area contributed by atoms with Gasteiger partial charge in [0, 0.05) is 13.1 Å². The van der Waals surface area contributed by atoms with Gasteiger partial charge in [0.15, 0.2) is 0 Å². The van der Waals surface area contributed by atoms with Crippen LogP contribution in [0.5, 0.6) is 0 Å². The summed E-state index contributed by atoms with van der Waals surface area (Å²) in [5, 5.41) is 9.00. The molecule has 0 aromatic heterocycles. The van der Waals surface area contributed by atoms with Crippen LogP contribution in [0, 0.1) is 0 Å². The number of nitrogens with one attached hydrogen (secondary N) is 1. The smallest absolute Gasteiger partial charge is 0.324 e. The van der Waals surface area contributed by atoms with Crippen LogP contribution in [-0.2, 0) is 15.0 Å². The van der Waals surface area contributed by atoms with Crippen molar-refractivity contribution in [3.63, 3.8) is 0 Å². The normalized spacial score (nSPS) is 13.1. The van der Waals surface area contributed by atoms with Gasteiger partial charge in [-0.2, -0.15) is 12.7 Å². The van der Waals surface area contributed by atoms with Gasteiger partial charge >= 0.3 is 5.97 Å². The first-order chi connectivity index (χ1) is 7.20. The summed E-state index contributed by atoms with van der Waals surface area (Å²) in [6.45, 7) is 6.58. The highest BCUT2D eigenvalue weighted by Crippen LogP contribution is 2.17. The lowest BCUT2D eigenvalue weighted by atomic mass is 10.1. The Bertz CT molecular complexity index is 337. The Morgan fingerprint density at radius 1 is 1.38 bits per heavy atom. The molecule has 0 amide bonds. The molecule has 0 heterocycles. The number of hydrogen-bond acceptors (Lipinski definition) is 3. The summed E-state index contributed by atoms with van der Waals surface area (Å²) in [5.74, 6) is -1.17. The van der Waals surface area contributed by atoms with Crippen molar-refractivity contribution in [1.82, 2.24) is 9.03 Å². The van der Waals surface area contributed by atoms with Gasteiger partial charge in [-0.1, -0.05) is 13.8 Å². The van der Waals surface area contributed by atoms with Crippen LogP contribution in [0.25, 0.3) is 0 Å². The van der Waals surface area contributed by atoms with Gasteiger partial charge in [-0.3, -0.25) is 4.79 Å². The van der Waals surface area contributed by atoms with E-state index >= 15 is 0 Å². The van der Waals surface area contributed by atoms with Crippen molar-refractivity contribution in [1.29, 1.82) is 0 Å². The number of carbonyl (C=O) groups is 1. The fourth-order valence-electron chi connectivity index (χ4n) is 1.28. The van der Waals surface area contributed by atoms with Gasteiger partial charge < -0.3 is 5.11 Å². The molecule has 16 heavy (non-hydrogen) atoms. The molecule has 0 aromatic rings. The van der Waals surface area contributed by atoms with Gasteiger partial charge in [-0.25, -0.2) is 4.72 Å². The molecule has 0 radical (unpaired) electrons. The maximum Gasteiger partial charge on any atom is 0.324 e. The van der Waals surface area contributed by atoms with Crippen LogP contribution in [0.4, 0.5) is 0 Å². The molecule has 0 bridgehead atoms. The highest BCUT2D eigenvalue weighted by Gasteiger charge is 2.40. The Labute approximate surface area is 96.8 Å². The average molecular weight is 252 g/mol. The van der Waals surface area contributed by atoms with E-state index in [4.69, 9.17) is 5.11 Å². The lowest BCUT2D eigenvalue weighted by Gasteiger charge is -2.32. The third-order valence-corrected chi connectivity index (χ3v) is 4.12. The van der Waals surface area contributed by atoms with Crippen molar-refractivity contribution in [2.24, 2.45) is 0 Å². The molecule has 0 aromatic carbocycles. The number of rotatable bonds is 7. The molecule has 0 spiro atoms. The van der Waals surface area contributed by atoms with E-state index in [9.17, 15) is 13.2 Å². The molecule has 0 fully saturated rings. The zero-order valence-corrected chi connectivity index (χ0v) is 11.0. The van der Waals surface area contributed by atoms with Gasteiger partial charge in [-0.05, 0) is 20.3 Å². The predicted molar refractivity (Wildman–Crippen MR) is 61.3 cm³/mol. The fourth-order valence-corrected chi connectivity index (χ4v) is 2.92. The second-order valence-corrected chi connectivity index (χ2v) is 5.61. The third kappa shape index (κ3) is 3.43. The summed E-state index contributed by atoms with van der Waals surface area (Å²) >= 11 is 0. The lowest BCUT2D eigenvalue weighted by molar-refractivity contribution is -0.146. The number of carboxylic acid groups (broad SMARTS) is 1. The minimum absolute atomic E-state index is 0.109. The number of aliphatic carboxylic acids is 1. The zero-order chi connectivity index (χ0) is 13.0. The van der Waals surface area contributed by atoms with Crippen molar-refractivity contribution in [2.75, 3.05) is 13.1 Å². The van der Waals surface area contributed by atoms with Crippen molar-refractivity contribution in [3.05, 3.63) is 0 Å². The van der Waals surface area contributed by atoms with Crippen LogP contribution in [0.2, 0.25) is 0 Å². The predicted octanol–water partition coefficient (Wildman–Crippen LogP) is 0.416. The second-order valence-electron chi connectivity index (χ2n) is 3.93. The first-order valence-corrected chi connectivity index (χ1v) is 6.65. The van der Waals surface area contributed by atoms with Crippen LogP contribution >= 0.6 is 0 Å². The first kappa shape index (κ1) is 15.3. The van der Waals surface area contributed by atoms with Crippen molar-refractivity contribution in [2.45, 2.75) is 39.7 Å². The van der Waals surface area contributed by atoms with Crippen LogP contribution in [0.15, 0.2) is 0 Å². The van der Waals surface area contributed by atoms with E-state index in [1.165, 1.54) is 13.8 Å². The minimum Gasteiger partial charge on any atom is -0.480 e. The Morgan fingerprint density at radius 2 is 1.88 bits per heavy atom. The average Bonchev–Trinajstić information content (AvgIpc) is 2.14. The Balaban J connectivity index is 5.07. The number of carboxylic acids is 1. The first-order valence-electron chi connectivity index (χ1n) is 5.21.